The average molecular weight is 280 g/mol. The van der Waals surface area contributed by atoms with Gasteiger partial charge < -0.3 is 9.64 Å². The van der Waals surface area contributed by atoms with E-state index < -0.39 is 6.17 Å². The normalized spacial score (nSPS) is 18.3. The van der Waals surface area contributed by atoms with Crippen LogP contribution in [0.5, 0.6) is 0 Å². The number of unbranched alkanes of at least 4 members (excludes halogenated alkanes) is 1. The number of hydrogen-bond donors (Lipinski definition) is 0. The molecule has 1 atom stereocenters. The van der Waals surface area contributed by atoms with Gasteiger partial charge in [0, 0.05) is 12.7 Å². The fourth-order valence-corrected chi connectivity index (χ4v) is 2.18. The van der Waals surface area contributed by atoms with Crippen molar-refractivity contribution in [3.63, 3.8) is 0 Å². The Labute approximate surface area is 118 Å². The molecule has 4 nitrogen and oxygen atoms in total. The van der Waals surface area contributed by atoms with Gasteiger partial charge in [-0.1, -0.05) is 19.4 Å². The average Bonchev–Trinajstić information content (AvgIpc) is 2.86. The molecule has 2 rings (SSSR count). The number of carbonyl (C=O) groups is 1. The lowest BCUT2D eigenvalue weighted by atomic mass is 10.2. The highest BCUT2D eigenvalue weighted by molar-refractivity contribution is 5.72. The number of halogens is 1. The molecule has 0 bridgehead atoms. The van der Waals surface area contributed by atoms with E-state index in [0.717, 1.165) is 24.2 Å². The molecule has 110 valence electrons. The number of anilines is 1. The molecule has 2 heterocycles. The minimum atomic E-state index is -0.759. The first kappa shape index (κ1) is 14.8. The smallest absolute Gasteiger partial charge is 0.310 e. The van der Waals surface area contributed by atoms with Crippen LogP contribution in [-0.4, -0.2) is 36.8 Å². The third-order valence-electron chi connectivity index (χ3n) is 3.37. The highest BCUT2D eigenvalue weighted by Crippen LogP contribution is 2.19. The van der Waals surface area contributed by atoms with Gasteiger partial charge in [-0.25, -0.2) is 9.37 Å². The van der Waals surface area contributed by atoms with E-state index in [1.807, 2.05) is 17.0 Å². The van der Waals surface area contributed by atoms with Gasteiger partial charge in [0.05, 0.1) is 19.6 Å². The van der Waals surface area contributed by atoms with Gasteiger partial charge in [0.15, 0.2) is 0 Å². The second-order valence-corrected chi connectivity index (χ2v) is 5.11. The Hall–Kier alpha value is -1.65. The molecule has 1 aliphatic rings. The van der Waals surface area contributed by atoms with E-state index in [1.165, 1.54) is 0 Å². The highest BCUT2D eigenvalue weighted by Gasteiger charge is 2.22. The van der Waals surface area contributed by atoms with Gasteiger partial charge in [-0.05, 0) is 24.5 Å². The van der Waals surface area contributed by atoms with Crippen LogP contribution in [0.1, 0.15) is 31.7 Å². The zero-order chi connectivity index (χ0) is 14.4. The van der Waals surface area contributed by atoms with Crippen LogP contribution in [0.15, 0.2) is 18.3 Å². The van der Waals surface area contributed by atoms with Crippen molar-refractivity contribution in [2.75, 3.05) is 24.6 Å². The molecule has 5 heteroatoms. The van der Waals surface area contributed by atoms with Crippen molar-refractivity contribution in [1.29, 1.82) is 0 Å². The van der Waals surface area contributed by atoms with Crippen molar-refractivity contribution in [1.82, 2.24) is 4.98 Å². The molecule has 0 aromatic carbocycles. The van der Waals surface area contributed by atoms with Crippen LogP contribution in [0.25, 0.3) is 0 Å². The third-order valence-corrected chi connectivity index (χ3v) is 3.37. The first-order chi connectivity index (χ1) is 9.69. The van der Waals surface area contributed by atoms with E-state index in [0.29, 0.717) is 26.1 Å². The summed E-state index contributed by atoms with van der Waals surface area (Å²) in [5.74, 6) is 0.547. The molecule has 1 aliphatic heterocycles. The van der Waals surface area contributed by atoms with E-state index in [4.69, 9.17) is 4.74 Å². The monoisotopic (exact) mass is 280 g/mol. The van der Waals surface area contributed by atoms with E-state index in [2.05, 4.69) is 11.9 Å². The van der Waals surface area contributed by atoms with Crippen LogP contribution in [0.4, 0.5) is 10.2 Å². The molecule has 1 saturated heterocycles. The van der Waals surface area contributed by atoms with Crippen LogP contribution < -0.4 is 4.90 Å². The highest BCUT2D eigenvalue weighted by atomic mass is 19.1. The largest absolute Gasteiger partial charge is 0.465 e. The molecule has 1 aromatic heterocycles. The van der Waals surface area contributed by atoms with Gasteiger partial charge in [0.25, 0.3) is 0 Å². The van der Waals surface area contributed by atoms with Crippen LogP contribution >= 0.6 is 0 Å². The second-order valence-electron chi connectivity index (χ2n) is 5.11. The van der Waals surface area contributed by atoms with E-state index in [-0.39, 0.29) is 12.4 Å². The summed E-state index contributed by atoms with van der Waals surface area (Å²) in [7, 11) is 0. The quantitative estimate of drug-likeness (QED) is 0.593. The minimum Gasteiger partial charge on any atom is -0.465 e. The number of alkyl halides is 1. The Bertz CT molecular complexity index is 436. The predicted octanol–water partition coefficient (Wildman–Crippen LogP) is 2.52. The van der Waals surface area contributed by atoms with E-state index >= 15 is 0 Å². The van der Waals surface area contributed by atoms with Crippen molar-refractivity contribution >= 4 is 11.8 Å². The summed E-state index contributed by atoms with van der Waals surface area (Å²) in [6, 6.07) is 3.70. The molecule has 1 fully saturated rings. The maximum atomic E-state index is 13.1. The van der Waals surface area contributed by atoms with Crippen LogP contribution in [0.2, 0.25) is 0 Å². The topological polar surface area (TPSA) is 42.4 Å². The first-order valence-electron chi connectivity index (χ1n) is 7.18. The number of hydrogen-bond acceptors (Lipinski definition) is 4. The summed E-state index contributed by atoms with van der Waals surface area (Å²) in [5, 5.41) is 0. The minimum absolute atomic E-state index is 0.224. The molecule has 0 radical (unpaired) electrons. The van der Waals surface area contributed by atoms with Gasteiger partial charge >= 0.3 is 5.97 Å². The number of rotatable bonds is 6. The molecule has 0 amide bonds. The van der Waals surface area contributed by atoms with Gasteiger partial charge in [-0.15, -0.1) is 0 Å². The number of esters is 1. The Morgan fingerprint density at radius 1 is 1.55 bits per heavy atom. The zero-order valence-electron chi connectivity index (χ0n) is 11.8. The van der Waals surface area contributed by atoms with Gasteiger partial charge in [-0.3, -0.25) is 4.79 Å². The van der Waals surface area contributed by atoms with Gasteiger partial charge in [0.2, 0.25) is 0 Å². The van der Waals surface area contributed by atoms with Gasteiger partial charge in [-0.2, -0.15) is 0 Å². The zero-order valence-corrected chi connectivity index (χ0v) is 11.8. The van der Waals surface area contributed by atoms with Crippen molar-refractivity contribution in [3.05, 3.63) is 23.9 Å². The summed E-state index contributed by atoms with van der Waals surface area (Å²) in [5.41, 5.74) is 0.825. The van der Waals surface area contributed by atoms with Crippen molar-refractivity contribution in [3.8, 4) is 0 Å². The molecular weight excluding hydrogens is 259 g/mol. The molecule has 1 unspecified atom stereocenters. The molecule has 0 aliphatic carbocycles. The lowest BCUT2D eigenvalue weighted by molar-refractivity contribution is -0.142. The maximum Gasteiger partial charge on any atom is 0.310 e. The van der Waals surface area contributed by atoms with Crippen molar-refractivity contribution in [2.45, 2.75) is 38.8 Å². The van der Waals surface area contributed by atoms with Crippen LogP contribution in [0, 0.1) is 0 Å². The van der Waals surface area contributed by atoms with Crippen LogP contribution in [-0.2, 0) is 16.0 Å². The van der Waals surface area contributed by atoms with Crippen molar-refractivity contribution in [2.24, 2.45) is 0 Å². The summed E-state index contributed by atoms with van der Waals surface area (Å²) >= 11 is 0. The predicted molar refractivity (Wildman–Crippen MR) is 75.5 cm³/mol. The number of nitrogens with zero attached hydrogens (tertiary/aromatic N) is 2. The summed E-state index contributed by atoms with van der Waals surface area (Å²) < 4.78 is 18.2. The van der Waals surface area contributed by atoms with Gasteiger partial charge in [0.1, 0.15) is 12.0 Å². The Balaban J connectivity index is 1.83. The van der Waals surface area contributed by atoms with E-state index in [9.17, 15) is 9.18 Å². The lowest BCUT2D eigenvalue weighted by Gasteiger charge is -2.16. The molecule has 20 heavy (non-hydrogen) atoms. The Morgan fingerprint density at radius 2 is 2.40 bits per heavy atom. The number of pyridine rings is 1. The summed E-state index contributed by atoms with van der Waals surface area (Å²) in [6.45, 7) is 3.64. The number of ether oxygens (including phenoxy) is 1. The fourth-order valence-electron chi connectivity index (χ4n) is 2.18. The molecule has 0 spiro atoms. The van der Waals surface area contributed by atoms with Crippen molar-refractivity contribution < 1.29 is 13.9 Å². The maximum absolute atomic E-state index is 13.1. The summed E-state index contributed by atoms with van der Waals surface area (Å²) in [4.78, 5) is 17.8. The number of carbonyl (C=O) groups excluding carboxylic acids is 1. The number of aromatic nitrogens is 1. The lowest BCUT2D eigenvalue weighted by Crippen LogP contribution is -2.21. The first-order valence-corrected chi connectivity index (χ1v) is 7.18. The fraction of sp³-hybridized carbons (Fsp3) is 0.600. The molecular formula is C15H21FN2O2. The Morgan fingerprint density at radius 3 is 3.00 bits per heavy atom. The molecule has 0 N–H and O–H groups in total. The standard InChI is InChI=1S/C15H21FN2O2/c1-2-3-8-20-15(19)9-12-4-5-14(17-10-12)18-7-6-13(16)11-18/h4-5,10,13H,2-3,6-9,11H2,1H3. The Kier molecular flexibility index (Phi) is 5.32. The third kappa shape index (κ3) is 4.18. The second kappa shape index (κ2) is 7.22. The molecule has 1 aromatic rings. The van der Waals surface area contributed by atoms with E-state index in [1.54, 1.807) is 6.20 Å². The SMILES string of the molecule is CCCCOC(=O)Cc1ccc(N2CCC(F)C2)nc1. The summed E-state index contributed by atoms with van der Waals surface area (Å²) in [6.07, 6.45) is 3.61. The molecule has 0 saturated carbocycles. The van der Waals surface area contributed by atoms with Crippen LogP contribution in [0.3, 0.4) is 0 Å².